The van der Waals surface area contributed by atoms with Gasteiger partial charge in [-0.05, 0) is 46.3 Å². The van der Waals surface area contributed by atoms with Gasteiger partial charge in [-0.3, -0.25) is 4.98 Å². The summed E-state index contributed by atoms with van der Waals surface area (Å²) < 4.78 is 93.2. The third-order valence-corrected chi connectivity index (χ3v) is 6.41. The van der Waals surface area contributed by atoms with Crippen LogP contribution in [0.1, 0.15) is 16.7 Å². The summed E-state index contributed by atoms with van der Waals surface area (Å²) in [6.07, 6.45) is 1.60. The third-order valence-electron chi connectivity index (χ3n) is 5.44. The Bertz CT molecular complexity index is 1380. The van der Waals surface area contributed by atoms with Crippen LogP contribution in [0.15, 0.2) is 30.5 Å². The Balaban J connectivity index is 2.24. The van der Waals surface area contributed by atoms with E-state index in [1.807, 2.05) is 6.07 Å². The molecular weight excluding hydrogens is 519 g/mol. The molecule has 3 rings (SSSR count). The fourth-order valence-electron chi connectivity index (χ4n) is 3.85. The van der Waals surface area contributed by atoms with Crippen LogP contribution in [0.3, 0.4) is 0 Å². The number of pyridine rings is 1. The van der Waals surface area contributed by atoms with Gasteiger partial charge in [-0.1, -0.05) is 0 Å². The summed E-state index contributed by atoms with van der Waals surface area (Å²) in [5.74, 6) is -1.08. The number of rotatable bonds is 11. The molecule has 0 saturated heterocycles. The summed E-state index contributed by atoms with van der Waals surface area (Å²) in [7, 11) is 1.13. The van der Waals surface area contributed by atoms with Gasteiger partial charge in [0, 0.05) is 38.5 Å². The second kappa shape index (κ2) is 11.5. The third kappa shape index (κ3) is 5.90. The quantitative estimate of drug-likeness (QED) is 0.253. The fourth-order valence-corrected chi connectivity index (χ4v) is 4.31. The zero-order valence-corrected chi connectivity index (χ0v) is 21.6. The van der Waals surface area contributed by atoms with Crippen LogP contribution in [0.25, 0.3) is 22.0 Å². The largest absolute Gasteiger partial charge is 0.534 e. The van der Waals surface area contributed by atoms with Gasteiger partial charge in [0.1, 0.15) is 0 Å². The maximum absolute atomic E-state index is 13.0. The van der Waals surface area contributed by atoms with E-state index in [4.69, 9.17) is 23.7 Å². The van der Waals surface area contributed by atoms with Crippen LogP contribution in [-0.2, 0) is 44.1 Å². The molecule has 0 amide bonds. The van der Waals surface area contributed by atoms with Crippen molar-refractivity contribution in [2.45, 2.75) is 25.3 Å². The summed E-state index contributed by atoms with van der Waals surface area (Å²) in [5.41, 5.74) is -2.50. The molecule has 0 bridgehead atoms. The molecule has 0 radical (unpaired) electrons. The van der Waals surface area contributed by atoms with E-state index in [0.29, 0.717) is 18.9 Å². The molecule has 9 nitrogen and oxygen atoms in total. The predicted molar refractivity (Wildman–Crippen MR) is 128 cm³/mol. The molecular formula is C24H26F3NO8S. The second-order valence-electron chi connectivity index (χ2n) is 7.78. The Morgan fingerprint density at radius 2 is 1.43 bits per heavy atom. The highest BCUT2D eigenvalue weighted by Crippen LogP contribution is 2.43. The first-order valence-electron chi connectivity index (χ1n) is 10.7. The van der Waals surface area contributed by atoms with E-state index in [1.54, 1.807) is 33.6 Å². The number of ether oxygens (including phenoxy) is 5. The Morgan fingerprint density at radius 1 is 0.811 bits per heavy atom. The zero-order valence-electron chi connectivity index (χ0n) is 20.8. The first-order chi connectivity index (χ1) is 17.5. The molecule has 0 unspecified atom stereocenters. The van der Waals surface area contributed by atoms with Crippen LogP contribution in [0.5, 0.6) is 17.2 Å². The topological polar surface area (TPSA) is 102 Å². The van der Waals surface area contributed by atoms with Crippen molar-refractivity contribution in [2.24, 2.45) is 0 Å². The number of hydrogen-bond acceptors (Lipinski definition) is 9. The summed E-state index contributed by atoms with van der Waals surface area (Å²) in [6, 6.07) is 6.13. The highest BCUT2D eigenvalue weighted by Gasteiger charge is 2.49. The van der Waals surface area contributed by atoms with Gasteiger partial charge in [0.05, 0.1) is 39.7 Å². The molecule has 0 atom stereocenters. The normalized spacial score (nSPS) is 12.1. The van der Waals surface area contributed by atoms with E-state index in [1.165, 1.54) is 13.2 Å². The molecule has 0 aliphatic rings. The molecule has 0 saturated carbocycles. The van der Waals surface area contributed by atoms with Crippen molar-refractivity contribution in [3.63, 3.8) is 0 Å². The molecule has 1 aromatic heterocycles. The minimum atomic E-state index is -5.97. The van der Waals surface area contributed by atoms with Crippen LogP contribution in [0.2, 0.25) is 0 Å². The number of methoxy groups -OCH3 is 5. The van der Waals surface area contributed by atoms with Gasteiger partial charge in [0.15, 0.2) is 11.5 Å². The van der Waals surface area contributed by atoms with Crippen molar-refractivity contribution in [1.29, 1.82) is 0 Å². The fraction of sp³-hybridized carbons (Fsp3) is 0.375. The molecule has 1 heterocycles. The van der Waals surface area contributed by atoms with Crippen molar-refractivity contribution in [1.82, 2.24) is 4.98 Å². The van der Waals surface area contributed by atoms with Crippen molar-refractivity contribution >= 4 is 20.9 Å². The minimum Gasteiger partial charge on any atom is -0.493 e. The molecule has 2 aromatic carbocycles. The van der Waals surface area contributed by atoms with E-state index < -0.39 is 21.4 Å². The number of alkyl halides is 3. The van der Waals surface area contributed by atoms with Gasteiger partial charge in [-0.2, -0.15) is 21.6 Å². The molecule has 3 aromatic rings. The van der Waals surface area contributed by atoms with Crippen molar-refractivity contribution in [3.8, 4) is 28.5 Å². The molecule has 13 heteroatoms. The standard InChI is InChI=1S/C24H26F3NO8S/c1-31-11-16-6-14-7-20(28-10-17(14)19(13-33-3)18(16)12-32-2)15-8-21(34-4)23(35-5)22(9-15)36-37(29,30)24(25,26)27/h6-10H,11-13H2,1-5H3. The van der Waals surface area contributed by atoms with Gasteiger partial charge in [-0.15, -0.1) is 0 Å². The molecule has 0 aliphatic carbocycles. The number of hydrogen-bond donors (Lipinski definition) is 0. The van der Waals surface area contributed by atoms with E-state index >= 15 is 0 Å². The minimum absolute atomic E-state index is 0.0511. The number of fused-ring (bicyclic) bond motifs is 1. The second-order valence-corrected chi connectivity index (χ2v) is 9.31. The predicted octanol–water partition coefficient (Wildman–Crippen LogP) is 4.59. The maximum Gasteiger partial charge on any atom is 0.534 e. The first-order valence-corrected chi connectivity index (χ1v) is 12.1. The Kier molecular flexibility index (Phi) is 8.84. The van der Waals surface area contributed by atoms with Gasteiger partial charge in [-0.25, -0.2) is 0 Å². The van der Waals surface area contributed by atoms with Crippen LogP contribution in [0.4, 0.5) is 13.2 Å². The van der Waals surface area contributed by atoms with Gasteiger partial charge < -0.3 is 27.9 Å². The van der Waals surface area contributed by atoms with E-state index in [9.17, 15) is 21.6 Å². The van der Waals surface area contributed by atoms with Crippen LogP contribution in [-0.4, -0.2) is 54.5 Å². The lowest BCUT2D eigenvalue weighted by Gasteiger charge is -2.18. The molecule has 0 fully saturated rings. The molecule has 202 valence electrons. The molecule has 37 heavy (non-hydrogen) atoms. The molecule has 0 spiro atoms. The van der Waals surface area contributed by atoms with E-state index in [2.05, 4.69) is 9.17 Å². The number of aromatic nitrogens is 1. The molecule has 0 aliphatic heterocycles. The van der Waals surface area contributed by atoms with Crippen molar-refractivity contribution < 1.29 is 49.5 Å². The highest BCUT2D eigenvalue weighted by molar-refractivity contribution is 7.88. The first kappa shape index (κ1) is 28.4. The van der Waals surface area contributed by atoms with Crippen molar-refractivity contribution in [2.75, 3.05) is 35.5 Å². The average Bonchev–Trinajstić information content (AvgIpc) is 2.84. The van der Waals surface area contributed by atoms with Gasteiger partial charge >= 0.3 is 15.6 Å². The average molecular weight is 546 g/mol. The number of benzene rings is 2. The van der Waals surface area contributed by atoms with Gasteiger partial charge in [0.2, 0.25) is 5.75 Å². The summed E-state index contributed by atoms with van der Waals surface area (Å²) in [4.78, 5) is 4.46. The van der Waals surface area contributed by atoms with E-state index in [-0.39, 0.29) is 23.7 Å². The lowest BCUT2D eigenvalue weighted by Crippen LogP contribution is -2.28. The van der Waals surface area contributed by atoms with E-state index in [0.717, 1.165) is 40.6 Å². The SMILES string of the molecule is COCc1cc2cc(-c3cc(OC)c(OC)c(OS(=O)(=O)C(F)(F)F)c3)ncc2c(COC)c1COC. The summed E-state index contributed by atoms with van der Waals surface area (Å²) in [6.45, 7) is 0.892. The van der Waals surface area contributed by atoms with Gasteiger partial charge in [0.25, 0.3) is 0 Å². The number of halogens is 3. The smallest absolute Gasteiger partial charge is 0.493 e. The Hall–Kier alpha value is -3.13. The van der Waals surface area contributed by atoms with Crippen molar-refractivity contribution in [3.05, 3.63) is 47.2 Å². The summed E-state index contributed by atoms with van der Waals surface area (Å²) >= 11 is 0. The Labute approximate surface area is 212 Å². The van der Waals surface area contributed by atoms with Crippen LogP contribution in [0, 0.1) is 0 Å². The maximum atomic E-state index is 13.0. The monoisotopic (exact) mass is 545 g/mol. The lowest BCUT2D eigenvalue weighted by molar-refractivity contribution is -0.0500. The molecule has 0 N–H and O–H groups in total. The summed E-state index contributed by atoms with van der Waals surface area (Å²) in [5, 5.41) is 1.51. The zero-order chi connectivity index (χ0) is 27.4. The van der Waals surface area contributed by atoms with Crippen LogP contribution >= 0.6 is 0 Å². The Morgan fingerprint density at radius 3 is 2.00 bits per heavy atom. The lowest BCUT2D eigenvalue weighted by atomic mass is 9.95. The number of nitrogens with zero attached hydrogens (tertiary/aromatic N) is 1. The van der Waals surface area contributed by atoms with Crippen LogP contribution < -0.4 is 13.7 Å². The highest BCUT2D eigenvalue weighted by atomic mass is 32.2.